The van der Waals surface area contributed by atoms with Gasteiger partial charge in [-0.1, -0.05) is 32.8 Å². The zero-order chi connectivity index (χ0) is 14.7. The second kappa shape index (κ2) is 6.38. The predicted octanol–water partition coefficient (Wildman–Crippen LogP) is 4.43. The first-order chi connectivity index (χ1) is 9.50. The molecular formula is C17H24FNO. The van der Waals surface area contributed by atoms with Crippen molar-refractivity contribution in [2.24, 2.45) is 5.92 Å². The third kappa shape index (κ3) is 3.20. The average Bonchev–Trinajstić information content (AvgIpc) is 2.89. The molecular weight excluding hydrogens is 253 g/mol. The highest BCUT2D eigenvalue weighted by Crippen LogP contribution is 2.33. The third-order valence-corrected chi connectivity index (χ3v) is 3.98. The van der Waals surface area contributed by atoms with Crippen LogP contribution in [0.1, 0.15) is 56.8 Å². The Morgan fingerprint density at radius 2 is 2.00 bits per heavy atom. The normalized spacial score (nSPS) is 15.8. The van der Waals surface area contributed by atoms with E-state index in [2.05, 4.69) is 18.7 Å². The minimum absolute atomic E-state index is 0.0637. The van der Waals surface area contributed by atoms with Crippen molar-refractivity contribution in [3.05, 3.63) is 29.6 Å². The van der Waals surface area contributed by atoms with Crippen molar-refractivity contribution in [3.8, 4) is 0 Å². The lowest BCUT2D eigenvalue weighted by molar-refractivity contribution is 0.101. The van der Waals surface area contributed by atoms with Crippen LogP contribution in [0.3, 0.4) is 0 Å². The van der Waals surface area contributed by atoms with E-state index < -0.39 is 0 Å². The number of Topliss-reactive ketones (excluding diaryl/α,β-unsaturated/α-hetero) is 1. The molecule has 0 radical (unpaired) electrons. The highest BCUT2D eigenvalue weighted by atomic mass is 19.1. The third-order valence-electron chi connectivity index (χ3n) is 3.98. The van der Waals surface area contributed by atoms with E-state index in [1.165, 1.54) is 25.8 Å². The summed E-state index contributed by atoms with van der Waals surface area (Å²) in [5.41, 5.74) is 1.03. The molecule has 2 nitrogen and oxygen atoms in total. The Bertz CT molecular complexity index is 478. The first-order valence-corrected chi connectivity index (χ1v) is 7.56. The summed E-state index contributed by atoms with van der Waals surface area (Å²) in [6.45, 7) is 6.58. The van der Waals surface area contributed by atoms with Crippen LogP contribution in [0.15, 0.2) is 18.2 Å². The number of rotatable bonds is 5. The molecule has 20 heavy (non-hydrogen) atoms. The van der Waals surface area contributed by atoms with Crippen LogP contribution in [0.5, 0.6) is 0 Å². The number of hydrogen-bond acceptors (Lipinski definition) is 2. The quantitative estimate of drug-likeness (QED) is 0.742. The van der Waals surface area contributed by atoms with Crippen molar-refractivity contribution in [2.75, 3.05) is 11.4 Å². The summed E-state index contributed by atoms with van der Waals surface area (Å²) in [4.78, 5) is 14.0. The Morgan fingerprint density at radius 1 is 1.35 bits per heavy atom. The lowest BCUT2D eigenvalue weighted by atomic mass is 10.0. The number of ketones is 1. The maximum atomic E-state index is 14.4. The van der Waals surface area contributed by atoms with Crippen molar-refractivity contribution in [3.63, 3.8) is 0 Å². The zero-order valence-corrected chi connectivity index (χ0v) is 12.7. The summed E-state index contributed by atoms with van der Waals surface area (Å²) >= 11 is 0. The van der Waals surface area contributed by atoms with Crippen molar-refractivity contribution < 1.29 is 9.18 Å². The van der Waals surface area contributed by atoms with Gasteiger partial charge in [0.1, 0.15) is 5.82 Å². The maximum Gasteiger partial charge on any atom is 0.161 e. The molecule has 0 heterocycles. The van der Waals surface area contributed by atoms with Gasteiger partial charge in [-0.15, -0.1) is 0 Å². The molecule has 0 amide bonds. The fourth-order valence-corrected chi connectivity index (χ4v) is 3.12. The van der Waals surface area contributed by atoms with Gasteiger partial charge in [-0.3, -0.25) is 4.79 Å². The first-order valence-electron chi connectivity index (χ1n) is 7.56. The monoisotopic (exact) mass is 277 g/mol. The fraction of sp³-hybridized carbons (Fsp3) is 0.588. The molecule has 0 aromatic heterocycles. The summed E-state index contributed by atoms with van der Waals surface area (Å²) in [5.74, 6) is 0.103. The van der Waals surface area contributed by atoms with Gasteiger partial charge in [0.2, 0.25) is 0 Å². The molecule has 0 unspecified atom stereocenters. The minimum atomic E-state index is -0.273. The summed E-state index contributed by atoms with van der Waals surface area (Å²) in [6, 6.07) is 5.19. The second-order valence-corrected chi connectivity index (χ2v) is 6.18. The van der Waals surface area contributed by atoms with Crippen LogP contribution >= 0.6 is 0 Å². The Labute approximate surface area is 121 Å². The van der Waals surface area contributed by atoms with Crippen LogP contribution in [-0.4, -0.2) is 18.4 Å². The molecule has 3 heteroatoms. The van der Waals surface area contributed by atoms with E-state index in [0.29, 0.717) is 23.2 Å². The first kappa shape index (κ1) is 15.0. The van der Waals surface area contributed by atoms with E-state index in [1.807, 2.05) is 0 Å². The van der Waals surface area contributed by atoms with Gasteiger partial charge in [0, 0.05) is 18.2 Å². The van der Waals surface area contributed by atoms with E-state index in [4.69, 9.17) is 0 Å². The van der Waals surface area contributed by atoms with E-state index in [-0.39, 0.29) is 11.6 Å². The summed E-state index contributed by atoms with van der Waals surface area (Å²) < 4.78 is 14.4. The number of carbonyl (C=O) groups excluding carboxylic acids is 1. The van der Waals surface area contributed by atoms with Gasteiger partial charge in [0.05, 0.1) is 5.69 Å². The topological polar surface area (TPSA) is 20.3 Å². The van der Waals surface area contributed by atoms with E-state index in [0.717, 1.165) is 19.4 Å². The van der Waals surface area contributed by atoms with E-state index >= 15 is 0 Å². The minimum Gasteiger partial charge on any atom is -0.365 e. The van der Waals surface area contributed by atoms with E-state index in [1.54, 1.807) is 12.1 Å². The van der Waals surface area contributed by atoms with Gasteiger partial charge in [0.25, 0.3) is 0 Å². The molecule has 2 rings (SSSR count). The molecule has 1 aromatic rings. The van der Waals surface area contributed by atoms with Crippen LogP contribution in [-0.2, 0) is 0 Å². The van der Waals surface area contributed by atoms with Crippen LogP contribution in [0, 0.1) is 11.7 Å². The molecule has 0 bridgehead atoms. The Balaban J connectivity index is 2.44. The number of hydrogen-bond donors (Lipinski definition) is 0. The largest absolute Gasteiger partial charge is 0.365 e. The number of carbonyl (C=O) groups is 1. The number of anilines is 1. The summed E-state index contributed by atoms with van der Waals surface area (Å²) in [5, 5.41) is 0. The van der Waals surface area contributed by atoms with E-state index in [9.17, 15) is 9.18 Å². The zero-order valence-electron chi connectivity index (χ0n) is 12.7. The molecule has 0 spiro atoms. The number of para-hydroxylation sites is 1. The molecule has 1 aliphatic rings. The fourth-order valence-electron chi connectivity index (χ4n) is 3.12. The van der Waals surface area contributed by atoms with Crippen LogP contribution in [0.25, 0.3) is 0 Å². The molecule has 1 fully saturated rings. The molecule has 0 aliphatic heterocycles. The molecule has 1 aromatic carbocycles. The van der Waals surface area contributed by atoms with Crippen molar-refractivity contribution in [2.45, 2.75) is 52.5 Å². The van der Waals surface area contributed by atoms with Crippen LogP contribution < -0.4 is 4.90 Å². The Kier molecular flexibility index (Phi) is 4.79. The SMILES string of the molecule is CC(=O)c1cccc(F)c1N(CC(C)C)C1CCCC1. The number of nitrogens with zero attached hydrogens (tertiary/aromatic N) is 1. The molecule has 110 valence electrons. The van der Waals surface area contributed by atoms with Crippen LogP contribution in [0.2, 0.25) is 0 Å². The molecule has 0 N–H and O–H groups in total. The second-order valence-electron chi connectivity index (χ2n) is 6.18. The number of halogens is 1. The lowest BCUT2D eigenvalue weighted by Crippen LogP contribution is -2.38. The van der Waals surface area contributed by atoms with Gasteiger partial charge < -0.3 is 4.90 Å². The standard InChI is InChI=1S/C17H24FNO/c1-12(2)11-19(14-7-4-5-8-14)17-15(13(3)20)9-6-10-16(17)18/h6,9-10,12,14H,4-5,7-8,11H2,1-3H3. The van der Waals surface area contributed by atoms with Crippen molar-refractivity contribution >= 4 is 11.5 Å². The van der Waals surface area contributed by atoms with Gasteiger partial charge >= 0.3 is 0 Å². The predicted molar refractivity (Wildman–Crippen MR) is 80.8 cm³/mol. The van der Waals surface area contributed by atoms with Crippen molar-refractivity contribution in [1.29, 1.82) is 0 Å². The molecule has 0 atom stereocenters. The smallest absolute Gasteiger partial charge is 0.161 e. The maximum absolute atomic E-state index is 14.4. The van der Waals surface area contributed by atoms with Gasteiger partial charge in [-0.2, -0.15) is 0 Å². The van der Waals surface area contributed by atoms with Gasteiger partial charge in [-0.05, 0) is 37.8 Å². The summed E-state index contributed by atoms with van der Waals surface area (Å²) in [7, 11) is 0. The van der Waals surface area contributed by atoms with Crippen molar-refractivity contribution in [1.82, 2.24) is 0 Å². The highest BCUT2D eigenvalue weighted by molar-refractivity contribution is 5.99. The molecule has 1 saturated carbocycles. The lowest BCUT2D eigenvalue weighted by Gasteiger charge is -2.34. The Hall–Kier alpha value is -1.38. The Morgan fingerprint density at radius 3 is 2.55 bits per heavy atom. The summed E-state index contributed by atoms with van der Waals surface area (Å²) in [6.07, 6.45) is 4.59. The average molecular weight is 277 g/mol. The van der Waals surface area contributed by atoms with Gasteiger partial charge in [0.15, 0.2) is 5.78 Å². The van der Waals surface area contributed by atoms with Gasteiger partial charge in [-0.25, -0.2) is 4.39 Å². The van der Waals surface area contributed by atoms with Crippen LogP contribution in [0.4, 0.5) is 10.1 Å². The molecule has 0 saturated heterocycles. The highest BCUT2D eigenvalue weighted by Gasteiger charge is 2.28. The number of benzene rings is 1. The molecule has 1 aliphatic carbocycles.